The number of hydrogen-bond donors (Lipinski definition) is 2. The van der Waals surface area contributed by atoms with E-state index < -0.39 is 0 Å². The molecular formula is C8H8INO2. The summed E-state index contributed by atoms with van der Waals surface area (Å²) in [6.45, 7) is 1.46. The van der Waals surface area contributed by atoms with Crippen LogP contribution in [0.5, 0.6) is 5.75 Å². The van der Waals surface area contributed by atoms with Crippen LogP contribution in [-0.2, 0) is 0 Å². The number of carbonyl (C=O) groups is 1. The zero-order valence-electron chi connectivity index (χ0n) is 6.47. The molecule has 12 heavy (non-hydrogen) atoms. The van der Waals surface area contributed by atoms with Gasteiger partial charge in [-0.15, -0.1) is 0 Å². The van der Waals surface area contributed by atoms with Crippen molar-refractivity contribution in [2.45, 2.75) is 6.92 Å². The van der Waals surface area contributed by atoms with Gasteiger partial charge < -0.3 is 10.8 Å². The summed E-state index contributed by atoms with van der Waals surface area (Å²) in [4.78, 5) is 10.9. The Hall–Kier alpha value is -0.780. The molecule has 0 unspecified atom stereocenters. The Labute approximate surface area is 83.7 Å². The van der Waals surface area contributed by atoms with Gasteiger partial charge in [0.05, 0.1) is 9.26 Å². The summed E-state index contributed by atoms with van der Waals surface area (Å²) in [5.41, 5.74) is 6.22. The monoisotopic (exact) mass is 277 g/mol. The van der Waals surface area contributed by atoms with Gasteiger partial charge in [-0.2, -0.15) is 0 Å². The Morgan fingerprint density at radius 3 is 2.58 bits per heavy atom. The molecule has 0 aliphatic rings. The molecule has 1 rings (SSSR count). The lowest BCUT2D eigenvalue weighted by molar-refractivity contribution is 0.101. The number of ketones is 1. The lowest BCUT2D eigenvalue weighted by Gasteiger charge is -2.03. The first-order chi connectivity index (χ1) is 5.52. The van der Waals surface area contributed by atoms with Crippen LogP contribution < -0.4 is 5.73 Å². The lowest BCUT2D eigenvalue weighted by Crippen LogP contribution is -1.96. The smallest absolute Gasteiger partial charge is 0.159 e. The van der Waals surface area contributed by atoms with Crippen LogP contribution in [0, 0.1) is 3.57 Å². The molecule has 0 heterocycles. The molecule has 0 aliphatic carbocycles. The number of hydrogen-bond acceptors (Lipinski definition) is 3. The molecular weight excluding hydrogens is 269 g/mol. The second kappa shape index (κ2) is 3.30. The maximum absolute atomic E-state index is 10.9. The highest BCUT2D eigenvalue weighted by Crippen LogP contribution is 2.27. The second-order valence-corrected chi connectivity index (χ2v) is 3.61. The molecule has 0 spiro atoms. The number of Topliss-reactive ketones (excluding diaryl/α,β-unsaturated/α-hetero) is 1. The summed E-state index contributed by atoms with van der Waals surface area (Å²) in [7, 11) is 0. The van der Waals surface area contributed by atoms with Gasteiger partial charge in [0, 0.05) is 5.56 Å². The maximum Gasteiger partial charge on any atom is 0.159 e. The van der Waals surface area contributed by atoms with Crippen LogP contribution in [0.25, 0.3) is 0 Å². The van der Waals surface area contributed by atoms with Crippen LogP contribution in [0.15, 0.2) is 12.1 Å². The Kier molecular flexibility index (Phi) is 2.56. The van der Waals surface area contributed by atoms with Crippen LogP contribution in [-0.4, -0.2) is 10.9 Å². The van der Waals surface area contributed by atoms with Crippen molar-refractivity contribution in [3.63, 3.8) is 0 Å². The molecule has 0 fully saturated rings. The number of aromatic hydroxyl groups is 1. The van der Waals surface area contributed by atoms with Crippen molar-refractivity contribution in [3.05, 3.63) is 21.3 Å². The Balaban J connectivity index is 3.31. The molecule has 0 aliphatic heterocycles. The van der Waals surface area contributed by atoms with Gasteiger partial charge in [-0.1, -0.05) is 0 Å². The first-order valence-electron chi connectivity index (χ1n) is 3.31. The van der Waals surface area contributed by atoms with Crippen molar-refractivity contribution in [1.29, 1.82) is 0 Å². The minimum absolute atomic E-state index is 0.0422. The third kappa shape index (κ3) is 1.69. The van der Waals surface area contributed by atoms with E-state index in [0.717, 1.165) is 0 Å². The number of nitrogens with two attached hydrogens (primary N) is 1. The molecule has 1 aromatic rings. The Bertz CT molecular complexity index is 313. The van der Waals surface area contributed by atoms with E-state index in [1.165, 1.54) is 13.0 Å². The van der Waals surface area contributed by atoms with Crippen molar-refractivity contribution in [2.75, 3.05) is 5.73 Å². The van der Waals surface area contributed by atoms with Gasteiger partial charge in [-0.25, -0.2) is 0 Å². The minimum Gasteiger partial charge on any atom is -0.505 e. The van der Waals surface area contributed by atoms with Crippen molar-refractivity contribution in [1.82, 2.24) is 0 Å². The molecule has 0 saturated heterocycles. The fourth-order valence-electron chi connectivity index (χ4n) is 0.824. The van der Waals surface area contributed by atoms with E-state index in [9.17, 15) is 9.90 Å². The predicted molar refractivity (Wildman–Crippen MR) is 55.2 cm³/mol. The first kappa shape index (κ1) is 9.31. The minimum atomic E-state index is -0.0559. The molecule has 3 N–H and O–H groups in total. The molecule has 1 aromatic carbocycles. The third-order valence-corrected chi connectivity index (χ3v) is 2.32. The van der Waals surface area contributed by atoms with Crippen LogP contribution in [0.4, 0.5) is 5.69 Å². The first-order valence-corrected chi connectivity index (χ1v) is 4.39. The topological polar surface area (TPSA) is 63.3 Å². The predicted octanol–water partition coefficient (Wildman–Crippen LogP) is 1.78. The van der Waals surface area contributed by atoms with Crippen molar-refractivity contribution in [3.8, 4) is 5.75 Å². The normalized spacial score (nSPS) is 9.83. The summed E-state index contributed by atoms with van der Waals surface area (Å²) in [6.07, 6.45) is 0. The Morgan fingerprint density at radius 2 is 2.17 bits per heavy atom. The largest absolute Gasteiger partial charge is 0.505 e. The average Bonchev–Trinajstić information content (AvgIpc) is 1.99. The van der Waals surface area contributed by atoms with Gasteiger partial charge >= 0.3 is 0 Å². The van der Waals surface area contributed by atoms with Crippen LogP contribution in [0.1, 0.15) is 17.3 Å². The standard InChI is InChI=1S/C8H8INO2/c1-4(11)5-2-6(9)8(12)7(10)3-5/h2-3,12H,10H2,1H3. The summed E-state index contributed by atoms with van der Waals surface area (Å²) in [5, 5.41) is 9.27. The van der Waals surface area contributed by atoms with Crippen molar-refractivity contribution < 1.29 is 9.90 Å². The Morgan fingerprint density at radius 1 is 1.58 bits per heavy atom. The number of nitrogen functional groups attached to an aromatic ring is 1. The number of benzene rings is 1. The van der Waals surface area contributed by atoms with Gasteiger partial charge in [0.2, 0.25) is 0 Å². The van der Waals surface area contributed by atoms with Gasteiger partial charge in [-0.05, 0) is 41.6 Å². The van der Waals surface area contributed by atoms with E-state index in [4.69, 9.17) is 5.73 Å². The zero-order valence-corrected chi connectivity index (χ0v) is 8.62. The second-order valence-electron chi connectivity index (χ2n) is 2.45. The number of carbonyl (C=O) groups excluding carboxylic acids is 1. The number of phenolic OH excluding ortho intramolecular Hbond substituents is 1. The van der Waals surface area contributed by atoms with Gasteiger partial charge in [0.25, 0.3) is 0 Å². The molecule has 3 nitrogen and oxygen atoms in total. The zero-order chi connectivity index (χ0) is 9.30. The highest BCUT2D eigenvalue weighted by Gasteiger charge is 2.07. The third-order valence-electron chi connectivity index (χ3n) is 1.50. The molecule has 0 atom stereocenters. The molecule has 64 valence electrons. The van der Waals surface area contributed by atoms with E-state index >= 15 is 0 Å². The quantitative estimate of drug-likeness (QED) is 0.356. The number of phenols is 1. The maximum atomic E-state index is 10.9. The van der Waals surface area contributed by atoms with E-state index in [1.807, 2.05) is 22.6 Å². The van der Waals surface area contributed by atoms with Gasteiger partial charge in [0.1, 0.15) is 0 Å². The van der Waals surface area contributed by atoms with Gasteiger partial charge in [-0.3, -0.25) is 4.79 Å². The molecule has 0 amide bonds. The number of anilines is 1. The van der Waals surface area contributed by atoms with Gasteiger partial charge in [0.15, 0.2) is 11.5 Å². The fraction of sp³-hybridized carbons (Fsp3) is 0.125. The number of halogens is 1. The van der Waals surface area contributed by atoms with Crippen molar-refractivity contribution >= 4 is 34.1 Å². The fourth-order valence-corrected chi connectivity index (χ4v) is 1.47. The van der Waals surface area contributed by atoms with E-state index in [-0.39, 0.29) is 17.2 Å². The van der Waals surface area contributed by atoms with Crippen LogP contribution in [0.3, 0.4) is 0 Å². The molecule has 4 heteroatoms. The SMILES string of the molecule is CC(=O)c1cc(N)c(O)c(I)c1. The summed E-state index contributed by atoms with van der Waals surface area (Å²) in [5.74, 6) is -0.0137. The van der Waals surface area contributed by atoms with Crippen LogP contribution >= 0.6 is 22.6 Å². The number of rotatable bonds is 1. The van der Waals surface area contributed by atoms with Crippen LogP contribution in [0.2, 0.25) is 0 Å². The molecule has 0 aromatic heterocycles. The average molecular weight is 277 g/mol. The highest BCUT2D eigenvalue weighted by molar-refractivity contribution is 14.1. The molecule has 0 radical (unpaired) electrons. The van der Waals surface area contributed by atoms with E-state index in [2.05, 4.69) is 0 Å². The van der Waals surface area contributed by atoms with E-state index in [1.54, 1.807) is 6.07 Å². The summed E-state index contributed by atoms with van der Waals surface area (Å²) >= 11 is 1.93. The molecule has 0 saturated carbocycles. The lowest BCUT2D eigenvalue weighted by atomic mass is 10.1. The van der Waals surface area contributed by atoms with Crippen molar-refractivity contribution in [2.24, 2.45) is 0 Å². The highest BCUT2D eigenvalue weighted by atomic mass is 127. The van der Waals surface area contributed by atoms with E-state index in [0.29, 0.717) is 9.13 Å². The summed E-state index contributed by atoms with van der Waals surface area (Å²) < 4.78 is 0.595. The summed E-state index contributed by atoms with van der Waals surface area (Å²) in [6, 6.07) is 3.08. The molecule has 0 bridgehead atoms.